The fraction of sp³-hybridized carbons (Fsp3) is 0.682. The van der Waals surface area contributed by atoms with Gasteiger partial charge >= 0.3 is 6.03 Å². The number of nitrogens with one attached hydrogen (secondary N) is 1. The second kappa shape index (κ2) is 10.4. The lowest BCUT2D eigenvalue weighted by atomic mass is 9.83. The minimum atomic E-state index is -3.59. The van der Waals surface area contributed by atoms with Crippen molar-refractivity contribution in [2.75, 3.05) is 38.6 Å². The predicted molar refractivity (Wildman–Crippen MR) is 119 cm³/mol. The van der Waals surface area contributed by atoms with Crippen LogP contribution < -0.4 is 11.1 Å². The molecule has 2 bridgehead atoms. The molecule has 190 valence electrons. The Morgan fingerprint density at radius 3 is 2.35 bits per heavy atom. The van der Waals surface area contributed by atoms with Gasteiger partial charge in [0.25, 0.3) is 0 Å². The number of hydrogen-bond donors (Lipinski definition) is 2. The van der Waals surface area contributed by atoms with E-state index in [0.29, 0.717) is 58.1 Å². The van der Waals surface area contributed by atoms with E-state index in [1.54, 1.807) is 9.21 Å². The summed E-state index contributed by atoms with van der Waals surface area (Å²) in [6.45, 7) is 1.91. The van der Waals surface area contributed by atoms with Crippen LogP contribution in [0.4, 0.5) is 18.0 Å². The molecule has 0 radical (unpaired) electrons. The molecule has 0 saturated carbocycles. The summed E-state index contributed by atoms with van der Waals surface area (Å²) >= 11 is 0. The van der Waals surface area contributed by atoms with Gasteiger partial charge in [-0.2, -0.15) is 4.31 Å². The molecule has 34 heavy (non-hydrogen) atoms. The Bertz CT molecular complexity index is 992. The van der Waals surface area contributed by atoms with E-state index in [9.17, 15) is 26.4 Å². The maximum atomic E-state index is 14.0. The van der Waals surface area contributed by atoms with E-state index in [1.165, 1.54) is 0 Å². The van der Waals surface area contributed by atoms with Gasteiger partial charge in [0.05, 0.1) is 19.0 Å². The first-order valence-electron chi connectivity index (χ1n) is 11.7. The molecule has 0 aromatic heterocycles. The van der Waals surface area contributed by atoms with E-state index in [-0.39, 0.29) is 48.3 Å². The summed E-state index contributed by atoms with van der Waals surface area (Å²) in [5.41, 5.74) is 6.34. The van der Waals surface area contributed by atoms with Gasteiger partial charge in [0.15, 0.2) is 11.6 Å². The van der Waals surface area contributed by atoms with E-state index >= 15 is 0 Å². The molecule has 0 aliphatic carbocycles. The average Bonchev–Trinajstić information content (AvgIpc) is 3.09. The first kappa shape index (κ1) is 25.2. The SMILES string of the molecule is N[C@H](Cc1cc(F)c(F)cc1F)[C@@H]1C[C@H]2CC[C@@H](C1)N2S(=O)(=O)CCNC(=O)N1CCOCC1. The normalized spacial score (nSPS) is 26.5. The van der Waals surface area contributed by atoms with Crippen LogP contribution >= 0.6 is 0 Å². The number of hydrogen-bond acceptors (Lipinski definition) is 5. The first-order chi connectivity index (χ1) is 16.2. The van der Waals surface area contributed by atoms with Gasteiger partial charge in [-0.3, -0.25) is 0 Å². The number of piperidine rings is 1. The van der Waals surface area contributed by atoms with Crippen molar-refractivity contribution in [2.24, 2.45) is 11.7 Å². The van der Waals surface area contributed by atoms with Crippen LogP contribution in [-0.4, -0.2) is 80.4 Å². The predicted octanol–water partition coefficient (Wildman–Crippen LogP) is 1.59. The first-order valence-corrected chi connectivity index (χ1v) is 13.3. The Labute approximate surface area is 197 Å². The number of carbonyl (C=O) groups excluding carboxylic acids is 1. The highest BCUT2D eigenvalue weighted by Crippen LogP contribution is 2.42. The lowest BCUT2D eigenvalue weighted by Crippen LogP contribution is -2.52. The van der Waals surface area contributed by atoms with Crippen LogP contribution in [0.3, 0.4) is 0 Å². The average molecular weight is 505 g/mol. The van der Waals surface area contributed by atoms with Crippen molar-refractivity contribution < 1.29 is 31.1 Å². The standard InChI is InChI=1S/C22H31F3N4O4S/c23-18-13-20(25)19(24)11-14(18)12-21(26)15-9-16-1-2-17(10-15)29(16)34(31,32)8-3-27-22(30)28-4-6-33-7-5-28/h11,13,15-17,21H,1-10,12,26H2,(H,27,30)/t15-,16-,17+,21-/m1/s1. The Kier molecular flexibility index (Phi) is 7.70. The zero-order chi connectivity index (χ0) is 24.5. The fourth-order valence-corrected chi connectivity index (χ4v) is 7.25. The van der Waals surface area contributed by atoms with Crippen LogP contribution in [0.5, 0.6) is 0 Å². The third-order valence-corrected chi connectivity index (χ3v) is 9.07. The molecular weight excluding hydrogens is 473 g/mol. The van der Waals surface area contributed by atoms with Crippen LogP contribution in [0, 0.1) is 23.4 Å². The third kappa shape index (κ3) is 5.50. The minimum absolute atomic E-state index is 0.0183. The Balaban J connectivity index is 1.32. The van der Waals surface area contributed by atoms with Crippen LogP contribution in [0.1, 0.15) is 31.2 Å². The van der Waals surface area contributed by atoms with Crippen LogP contribution in [0.25, 0.3) is 0 Å². The maximum absolute atomic E-state index is 14.0. The largest absolute Gasteiger partial charge is 0.378 e. The number of carbonyl (C=O) groups is 1. The molecule has 3 fully saturated rings. The summed E-state index contributed by atoms with van der Waals surface area (Å²) in [7, 11) is -3.59. The van der Waals surface area contributed by atoms with Crippen molar-refractivity contribution in [3.05, 3.63) is 35.1 Å². The van der Waals surface area contributed by atoms with Gasteiger partial charge in [-0.25, -0.2) is 26.4 Å². The molecule has 12 heteroatoms. The zero-order valence-corrected chi connectivity index (χ0v) is 19.7. The van der Waals surface area contributed by atoms with Gasteiger partial charge in [0.1, 0.15) is 5.82 Å². The number of halogens is 3. The molecule has 4 rings (SSSR count). The molecule has 0 unspecified atom stereocenters. The van der Waals surface area contributed by atoms with E-state index in [1.807, 2.05) is 0 Å². The van der Waals surface area contributed by atoms with E-state index in [0.717, 1.165) is 6.07 Å². The number of nitrogens with zero attached hydrogens (tertiary/aromatic N) is 2. The second-order valence-corrected chi connectivity index (χ2v) is 11.3. The number of morpholine rings is 1. The number of fused-ring (bicyclic) bond motifs is 2. The fourth-order valence-electron chi connectivity index (χ4n) is 5.39. The highest BCUT2D eigenvalue weighted by atomic mass is 32.2. The second-order valence-electron chi connectivity index (χ2n) is 9.32. The van der Waals surface area contributed by atoms with Crippen molar-refractivity contribution in [1.29, 1.82) is 0 Å². The monoisotopic (exact) mass is 504 g/mol. The van der Waals surface area contributed by atoms with Gasteiger partial charge in [0.2, 0.25) is 10.0 Å². The molecule has 0 spiro atoms. The van der Waals surface area contributed by atoms with Crippen molar-refractivity contribution in [1.82, 2.24) is 14.5 Å². The molecule has 4 atom stereocenters. The number of urea groups is 1. The van der Waals surface area contributed by atoms with Gasteiger partial charge < -0.3 is 20.7 Å². The summed E-state index contributed by atoms with van der Waals surface area (Å²) in [6.07, 6.45) is 2.54. The molecule has 3 saturated heterocycles. The number of sulfonamides is 1. The molecule has 8 nitrogen and oxygen atoms in total. The number of ether oxygens (including phenoxy) is 1. The van der Waals surface area contributed by atoms with Crippen LogP contribution in [0.2, 0.25) is 0 Å². The van der Waals surface area contributed by atoms with Crippen molar-refractivity contribution >= 4 is 16.1 Å². The number of rotatable bonds is 7. The summed E-state index contributed by atoms with van der Waals surface area (Å²) in [6, 6.07) is 0.155. The summed E-state index contributed by atoms with van der Waals surface area (Å²) < 4.78 is 73.7. The Morgan fingerprint density at radius 2 is 1.71 bits per heavy atom. The summed E-state index contributed by atoms with van der Waals surface area (Å²) in [5.74, 6) is -3.45. The lowest BCUT2D eigenvalue weighted by Gasteiger charge is -2.40. The third-order valence-electron chi connectivity index (χ3n) is 7.11. The van der Waals surface area contributed by atoms with Crippen molar-refractivity contribution in [2.45, 2.75) is 50.2 Å². The lowest BCUT2D eigenvalue weighted by molar-refractivity contribution is 0.0533. The number of benzene rings is 1. The molecule has 3 aliphatic heterocycles. The van der Waals surface area contributed by atoms with E-state index < -0.39 is 33.5 Å². The molecule has 1 aromatic rings. The smallest absolute Gasteiger partial charge is 0.317 e. The molecule has 1 aromatic carbocycles. The highest BCUT2D eigenvalue weighted by Gasteiger charge is 2.47. The highest BCUT2D eigenvalue weighted by molar-refractivity contribution is 7.89. The Hall–Kier alpha value is -1.89. The summed E-state index contributed by atoms with van der Waals surface area (Å²) in [4.78, 5) is 13.8. The zero-order valence-electron chi connectivity index (χ0n) is 18.9. The number of amides is 2. The van der Waals surface area contributed by atoms with E-state index in [2.05, 4.69) is 5.32 Å². The minimum Gasteiger partial charge on any atom is -0.378 e. The topological polar surface area (TPSA) is 105 Å². The van der Waals surface area contributed by atoms with Gasteiger partial charge in [-0.1, -0.05) is 0 Å². The van der Waals surface area contributed by atoms with E-state index in [4.69, 9.17) is 10.5 Å². The van der Waals surface area contributed by atoms with Crippen molar-refractivity contribution in [3.8, 4) is 0 Å². The maximum Gasteiger partial charge on any atom is 0.317 e. The quantitative estimate of drug-likeness (QED) is 0.549. The molecule has 3 heterocycles. The molecule has 3 aliphatic rings. The van der Waals surface area contributed by atoms with Crippen LogP contribution in [-0.2, 0) is 21.2 Å². The molecular formula is C22H31F3N4O4S. The molecule has 2 amide bonds. The van der Waals surface area contributed by atoms with Crippen LogP contribution in [0.15, 0.2) is 12.1 Å². The van der Waals surface area contributed by atoms with Gasteiger partial charge in [-0.05, 0) is 49.7 Å². The molecule has 3 N–H and O–H groups in total. The van der Waals surface area contributed by atoms with Gasteiger partial charge in [-0.15, -0.1) is 0 Å². The number of nitrogens with two attached hydrogens (primary N) is 1. The van der Waals surface area contributed by atoms with Gasteiger partial charge in [0, 0.05) is 43.8 Å². The van der Waals surface area contributed by atoms with Crippen molar-refractivity contribution in [3.63, 3.8) is 0 Å². The Morgan fingerprint density at radius 1 is 1.09 bits per heavy atom. The summed E-state index contributed by atoms with van der Waals surface area (Å²) in [5, 5.41) is 2.68.